The first-order valence-corrected chi connectivity index (χ1v) is 8.68. The van der Waals surface area contributed by atoms with E-state index < -0.39 is 0 Å². The number of halogens is 2. The van der Waals surface area contributed by atoms with Crippen LogP contribution in [-0.2, 0) is 19.9 Å². The van der Waals surface area contributed by atoms with Gasteiger partial charge in [-0.05, 0) is 65.3 Å². The zero-order chi connectivity index (χ0) is 13.6. The van der Waals surface area contributed by atoms with Crippen molar-refractivity contribution in [2.24, 2.45) is 24.3 Å². The molecule has 0 aliphatic heterocycles. The van der Waals surface area contributed by atoms with Gasteiger partial charge in [-0.25, -0.2) is 0 Å². The number of hydrogen-bond donors (Lipinski definition) is 0. The highest BCUT2D eigenvalue weighted by atomic mass is 79.9. The third-order valence-electron chi connectivity index (χ3n) is 5.39. The van der Waals surface area contributed by atoms with Crippen molar-refractivity contribution in [2.75, 3.05) is 5.88 Å². The van der Waals surface area contributed by atoms with Gasteiger partial charge in [-0.2, -0.15) is 5.10 Å². The van der Waals surface area contributed by atoms with Crippen LogP contribution in [0, 0.1) is 17.3 Å². The standard InChI is InChI=1S/C15H22BrClN2/c1-3-12-14(16)13(19(2)18-12)8-15(9-17)7-10-4-5-11(15)6-10/h10-11H,3-9H2,1-2H3. The van der Waals surface area contributed by atoms with E-state index in [-0.39, 0.29) is 0 Å². The minimum atomic E-state index is 0.325. The van der Waals surface area contributed by atoms with Gasteiger partial charge in [0.05, 0.1) is 15.9 Å². The van der Waals surface area contributed by atoms with E-state index in [4.69, 9.17) is 11.6 Å². The predicted octanol–water partition coefficient (Wildman–Crippen LogP) is 4.33. The van der Waals surface area contributed by atoms with Gasteiger partial charge in [0.2, 0.25) is 0 Å². The van der Waals surface area contributed by atoms with E-state index >= 15 is 0 Å². The van der Waals surface area contributed by atoms with E-state index in [0.29, 0.717) is 5.41 Å². The molecule has 0 radical (unpaired) electrons. The highest BCUT2D eigenvalue weighted by Gasteiger charge is 2.50. The summed E-state index contributed by atoms with van der Waals surface area (Å²) >= 11 is 10.2. The molecule has 0 spiro atoms. The maximum atomic E-state index is 6.41. The van der Waals surface area contributed by atoms with E-state index in [1.165, 1.54) is 41.5 Å². The van der Waals surface area contributed by atoms with Crippen molar-refractivity contribution in [1.82, 2.24) is 9.78 Å². The molecule has 2 aliphatic carbocycles. The van der Waals surface area contributed by atoms with Crippen LogP contribution in [0.4, 0.5) is 0 Å². The Morgan fingerprint density at radius 2 is 2.26 bits per heavy atom. The summed E-state index contributed by atoms with van der Waals surface area (Å²) in [4.78, 5) is 0. The monoisotopic (exact) mass is 344 g/mol. The summed E-state index contributed by atoms with van der Waals surface area (Å²) in [7, 11) is 2.06. The first kappa shape index (κ1) is 13.9. The second-order valence-corrected chi connectivity index (χ2v) is 7.50. The van der Waals surface area contributed by atoms with Crippen molar-refractivity contribution in [1.29, 1.82) is 0 Å². The van der Waals surface area contributed by atoms with Gasteiger partial charge in [0, 0.05) is 12.9 Å². The summed E-state index contributed by atoms with van der Waals surface area (Å²) in [5, 5.41) is 4.62. The van der Waals surface area contributed by atoms with Crippen LogP contribution in [0.5, 0.6) is 0 Å². The van der Waals surface area contributed by atoms with Crippen molar-refractivity contribution in [3.05, 3.63) is 15.9 Å². The van der Waals surface area contributed by atoms with E-state index in [0.717, 1.165) is 30.6 Å². The van der Waals surface area contributed by atoms with Gasteiger partial charge in [-0.3, -0.25) is 4.68 Å². The SMILES string of the molecule is CCc1nn(C)c(CC2(CCl)CC3CCC2C3)c1Br. The van der Waals surface area contributed by atoms with Crippen LogP contribution in [0.25, 0.3) is 0 Å². The Morgan fingerprint density at radius 3 is 2.74 bits per heavy atom. The molecule has 2 nitrogen and oxygen atoms in total. The lowest BCUT2D eigenvalue weighted by Gasteiger charge is -2.36. The molecular formula is C15H22BrClN2. The third-order valence-corrected chi connectivity index (χ3v) is 6.84. The maximum absolute atomic E-state index is 6.41. The zero-order valence-corrected chi connectivity index (χ0v) is 14.1. The van der Waals surface area contributed by atoms with Crippen molar-refractivity contribution < 1.29 is 0 Å². The minimum Gasteiger partial charge on any atom is -0.271 e. The van der Waals surface area contributed by atoms with Gasteiger partial charge in [-0.1, -0.05) is 13.3 Å². The van der Waals surface area contributed by atoms with Gasteiger partial charge in [0.25, 0.3) is 0 Å². The summed E-state index contributed by atoms with van der Waals surface area (Å²) in [6.45, 7) is 2.16. The molecule has 3 unspecified atom stereocenters. The quantitative estimate of drug-likeness (QED) is 0.743. The largest absolute Gasteiger partial charge is 0.271 e. The fraction of sp³-hybridized carbons (Fsp3) is 0.800. The molecule has 1 aromatic rings. The van der Waals surface area contributed by atoms with Crippen LogP contribution in [0.3, 0.4) is 0 Å². The highest BCUT2D eigenvalue weighted by molar-refractivity contribution is 9.10. The predicted molar refractivity (Wildman–Crippen MR) is 82.6 cm³/mol. The van der Waals surface area contributed by atoms with E-state index in [1.54, 1.807) is 0 Å². The van der Waals surface area contributed by atoms with Gasteiger partial charge >= 0.3 is 0 Å². The highest BCUT2D eigenvalue weighted by Crippen LogP contribution is 2.58. The fourth-order valence-corrected chi connectivity index (χ4v) is 5.51. The summed E-state index contributed by atoms with van der Waals surface area (Å²) in [5.41, 5.74) is 2.83. The summed E-state index contributed by atoms with van der Waals surface area (Å²) in [6, 6.07) is 0. The Bertz CT molecular complexity index is 485. The summed E-state index contributed by atoms with van der Waals surface area (Å²) in [5.74, 6) is 2.57. The first-order valence-electron chi connectivity index (χ1n) is 7.36. The number of aromatic nitrogens is 2. The second-order valence-electron chi connectivity index (χ2n) is 6.44. The molecule has 0 aromatic carbocycles. The van der Waals surface area contributed by atoms with Crippen LogP contribution in [0.1, 0.15) is 44.0 Å². The average molecular weight is 346 g/mol. The molecular weight excluding hydrogens is 324 g/mol. The molecule has 106 valence electrons. The normalized spacial score (nSPS) is 33.3. The van der Waals surface area contributed by atoms with Crippen LogP contribution < -0.4 is 0 Å². The fourth-order valence-electron chi connectivity index (χ4n) is 4.33. The molecule has 1 heterocycles. The number of aryl methyl sites for hydroxylation is 2. The van der Waals surface area contributed by atoms with Crippen LogP contribution in [0.2, 0.25) is 0 Å². The van der Waals surface area contributed by atoms with Gasteiger partial charge in [0.15, 0.2) is 0 Å². The molecule has 0 saturated heterocycles. The van der Waals surface area contributed by atoms with Crippen LogP contribution >= 0.6 is 27.5 Å². The molecule has 2 aliphatic rings. The van der Waals surface area contributed by atoms with Crippen LogP contribution in [-0.4, -0.2) is 15.7 Å². The third kappa shape index (κ3) is 2.17. The Hall–Kier alpha value is -0.0200. The number of nitrogens with zero attached hydrogens (tertiary/aromatic N) is 2. The van der Waals surface area contributed by atoms with E-state index in [9.17, 15) is 0 Å². The lowest BCUT2D eigenvalue weighted by Crippen LogP contribution is -2.33. The number of hydrogen-bond acceptors (Lipinski definition) is 1. The number of fused-ring (bicyclic) bond motifs is 2. The van der Waals surface area contributed by atoms with Crippen molar-refractivity contribution in [3.8, 4) is 0 Å². The van der Waals surface area contributed by atoms with Crippen molar-refractivity contribution in [2.45, 2.75) is 45.4 Å². The molecule has 2 fully saturated rings. The van der Waals surface area contributed by atoms with Crippen molar-refractivity contribution >= 4 is 27.5 Å². The Labute approximate surface area is 129 Å². The maximum Gasteiger partial charge on any atom is 0.0766 e. The Kier molecular flexibility index (Phi) is 3.72. The van der Waals surface area contributed by atoms with Crippen molar-refractivity contribution in [3.63, 3.8) is 0 Å². The minimum absolute atomic E-state index is 0.325. The molecule has 1 aromatic heterocycles. The molecule has 3 atom stereocenters. The molecule has 2 saturated carbocycles. The van der Waals surface area contributed by atoms with Gasteiger partial charge in [-0.15, -0.1) is 11.6 Å². The number of rotatable bonds is 4. The first-order chi connectivity index (χ1) is 9.09. The lowest BCUT2D eigenvalue weighted by molar-refractivity contribution is 0.189. The molecule has 2 bridgehead atoms. The summed E-state index contributed by atoms with van der Waals surface area (Å²) in [6.07, 6.45) is 7.60. The smallest absolute Gasteiger partial charge is 0.0766 e. The van der Waals surface area contributed by atoms with E-state index in [1.807, 2.05) is 0 Å². The Balaban J connectivity index is 1.90. The van der Waals surface area contributed by atoms with Crippen LogP contribution in [0.15, 0.2) is 4.47 Å². The lowest BCUT2D eigenvalue weighted by atomic mass is 9.71. The zero-order valence-electron chi connectivity index (χ0n) is 11.8. The van der Waals surface area contributed by atoms with Gasteiger partial charge in [0.1, 0.15) is 0 Å². The van der Waals surface area contributed by atoms with E-state index in [2.05, 4.69) is 39.7 Å². The number of alkyl halides is 1. The molecule has 3 rings (SSSR count). The summed E-state index contributed by atoms with van der Waals surface area (Å²) < 4.78 is 3.27. The topological polar surface area (TPSA) is 17.8 Å². The molecule has 0 N–H and O–H groups in total. The molecule has 0 amide bonds. The Morgan fingerprint density at radius 1 is 1.47 bits per heavy atom. The second kappa shape index (κ2) is 5.07. The van der Waals surface area contributed by atoms with Gasteiger partial charge < -0.3 is 0 Å². The molecule has 19 heavy (non-hydrogen) atoms. The molecule has 4 heteroatoms. The average Bonchev–Trinajstić information content (AvgIpc) is 3.07.